The molecule has 0 unspecified atom stereocenters. The van der Waals surface area contributed by atoms with Crippen LogP contribution < -0.4 is 15.5 Å². The molecule has 0 saturated heterocycles. The van der Waals surface area contributed by atoms with E-state index >= 15 is 0 Å². The zero-order valence-corrected chi connectivity index (χ0v) is 20.7. The van der Waals surface area contributed by atoms with Crippen molar-refractivity contribution < 1.29 is 18.6 Å². The zero-order valence-electron chi connectivity index (χ0n) is 19.8. The number of carbonyl (C=O) groups excluding carboxylic acids is 3. The SMILES string of the molecule is Cc1ccc(NC(=O)C[S@](=O)CC(=O)N(CC(=O)NC2CCCCC2)c2cccc(C)c2)cc1. The maximum Gasteiger partial charge on any atom is 0.240 e. The molecule has 34 heavy (non-hydrogen) atoms. The minimum atomic E-state index is -1.71. The third kappa shape index (κ3) is 8.09. The second kappa shape index (κ2) is 12.5. The lowest BCUT2D eigenvalue weighted by molar-refractivity contribution is -0.123. The molecule has 3 amide bonds. The smallest absolute Gasteiger partial charge is 0.240 e. The quantitative estimate of drug-likeness (QED) is 0.571. The van der Waals surface area contributed by atoms with Gasteiger partial charge in [0.1, 0.15) is 18.1 Å². The van der Waals surface area contributed by atoms with Crippen molar-refractivity contribution >= 4 is 39.9 Å². The highest BCUT2D eigenvalue weighted by Crippen LogP contribution is 2.19. The first kappa shape index (κ1) is 25.6. The van der Waals surface area contributed by atoms with Crippen molar-refractivity contribution in [3.63, 3.8) is 0 Å². The number of anilines is 2. The van der Waals surface area contributed by atoms with Crippen molar-refractivity contribution in [3.8, 4) is 0 Å². The Labute approximate surface area is 203 Å². The predicted molar refractivity (Wildman–Crippen MR) is 136 cm³/mol. The zero-order chi connectivity index (χ0) is 24.5. The summed E-state index contributed by atoms with van der Waals surface area (Å²) in [4.78, 5) is 39.5. The molecule has 1 aliphatic rings. The lowest BCUT2D eigenvalue weighted by Gasteiger charge is -2.26. The highest BCUT2D eigenvalue weighted by molar-refractivity contribution is 7.86. The molecule has 2 aromatic rings. The number of rotatable bonds is 9. The maximum atomic E-state index is 13.1. The molecule has 1 aliphatic carbocycles. The lowest BCUT2D eigenvalue weighted by Crippen LogP contribution is -2.46. The van der Waals surface area contributed by atoms with Gasteiger partial charge in [-0.15, -0.1) is 0 Å². The normalized spacial score (nSPS) is 14.8. The largest absolute Gasteiger partial charge is 0.352 e. The Morgan fingerprint density at radius 3 is 2.29 bits per heavy atom. The predicted octanol–water partition coefficient (Wildman–Crippen LogP) is 3.47. The second-order valence-corrected chi connectivity index (χ2v) is 10.3. The van der Waals surface area contributed by atoms with E-state index in [0.717, 1.165) is 36.8 Å². The Morgan fingerprint density at radius 1 is 0.912 bits per heavy atom. The monoisotopic (exact) mass is 483 g/mol. The molecule has 0 aromatic heterocycles. The van der Waals surface area contributed by atoms with E-state index in [9.17, 15) is 18.6 Å². The van der Waals surface area contributed by atoms with Gasteiger partial charge in [0.2, 0.25) is 17.7 Å². The number of nitrogens with zero attached hydrogens (tertiary/aromatic N) is 1. The molecule has 182 valence electrons. The maximum absolute atomic E-state index is 13.1. The van der Waals surface area contributed by atoms with Crippen LogP contribution in [0.15, 0.2) is 48.5 Å². The van der Waals surface area contributed by atoms with Crippen LogP contribution in [0.5, 0.6) is 0 Å². The molecule has 0 heterocycles. The number of nitrogens with one attached hydrogen (secondary N) is 2. The summed E-state index contributed by atoms with van der Waals surface area (Å²) < 4.78 is 12.6. The number of hydrogen-bond donors (Lipinski definition) is 2. The summed E-state index contributed by atoms with van der Waals surface area (Å²) in [6.45, 7) is 3.70. The van der Waals surface area contributed by atoms with Crippen LogP contribution >= 0.6 is 0 Å². The summed E-state index contributed by atoms with van der Waals surface area (Å²) in [6, 6.07) is 14.7. The van der Waals surface area contributed by atoms with E-state index < -0.39 is 22.6 Å². The number of hydrogen-bond acceptors (Lipinski definition) is 4. The van der Waals surface area contributed by atoms with E-state index in [1.54, 1.807) is 18.2 Å². The molecule has 0 radical (unpaired) electrons. The second-order valence-electron chi connectivity index (χ2n) is 8.86. The Balaban J connectivity index is 1.61. The molecule has 1 atom stereocenters. The van der Waals surface area contributed by atoms with Crippen LogP contribution in [0.4, 0.5) is 11.4 Å². The summed E-state index contributed by atoms with van der Waals surface area (Å²) in [5.74, 6) is -1.75. The fraction of sp³-hybridized carbons (Fsp3) is 0.423. The number of carbonyl (C=O) groups is 3. The van der Waals surface area contributed by atoms with Gasteiger partial charge in [0.05, 0.1) is 0 Å². The van der Waals surface area contributed by atoms with E-state index in [1.807, 2.05) is 44.2 Å². The molecular formula is C26H33N3O4S. The summed E-state index contributed by atoms with van der Waals surface area (Å²) >= 11 is 0. The lowest BCUT2D eigenvalue weighted by atomic mass is 9.95. The Kier molecular flexibility index (Phi) is 9.39. The first-order valence-electron chi connectivity index (χ1n) is 11.7. The van der Waals surface area contributed by atoms with Crippen LogP contribution in [0.3, 0.4) is 0 Å². The van der Waals surface area contributed by atoms with Crippen LogP contribution in [-0.2, 0) is 25.2 Å². The van der Waals surface area contributed by atoms with Gasteiger partial charge < -0.3 is 15.5 Å². The molecular weight excluding hydrogens is 450 g/mol. The molecule has 0 bridgehead atoms. The molecule has 0 spiro atoms. The van der Waals surface area contributed by atoms with Gasteiger partial charge >= 0.3 is 0 Å². The minimum absolute atomic E-state index is 0.135. The molecule has 0 aliphatic heterocycles. The van der Waals surface area contributed by atoms with E-state index in [4.69, 9.17) is 0 Å². The van der Waals surface area contributed by atoms with Gasteiger partial charge in [-0.3, -0.25) is 18.6 Å². The van der Waals surface area contributed by atoms with Crippen molar-refractivity contribution in [2.75, 3.05) is 28.3 Å². The van der Waals surface area contributed by atoms with Gasteiger partial charge in [-0.1, -0.05) is 49.1 Å². The van der Waals surface area contributed by atoms with E-state index in [2.05, 4.69) is 10.6 Å². The van der Waals surface area contributed by atoms with E-state index in [1.165, 1.54) is 11.3 Å². The molecule has 2 N–H and O–H groups in total. The van der Waals surface area contributed by atoms with Crippen molar-refractivity contribution in [3.05, 3.63) is 59.7 Å². The van der Waals surface area contributed by atoms with Crippen LogP contribution in [-0.4, -0.2) is 46.0 Å². The molecule has 1 saturated carbocycles. The minimum Gasteiger partial charge on any atom is -0.352 e. The van der Waals surface area contributed by atoms with Gasteiger partial charge in [0.25, 0.3) is 0 Å². The van der Waals surface area contributed by atoms with Crippen LogP contribution in [0.1, 0.15) is 43.2 Å². The van der Waals surface area contributed by atoms with Crippen molar-refractivity contribution in [2.45, 2.75) is 52.0 Å². The molecule has 7 nitrogen and oxygen atoms in total. The summed E-state index contributed by atoms with van der Waals surface area (Å²) in [6.07, 6.45) is 5.27. The number of amides is 3. The van der Waals surface area contributed by atoms with Gasteiger partial charge in [-0.25, -0.2) is 0 Å². The Hall–Kier alpha value is -3.00. The third-order valence-electron chi connectivity index (χ3n) is 5.80. The highest BCUT2D eigenvalue weighted by Gasteiger charge is 2.24. The Bertz CT molecular complexity index is 1030. The summed E-state index contributed by atoms with van der Waals surface area (Å²) in [5, 5.41) is 5.73. The van der Waals surface area contributed by atoms with Crippen molar-refractivity contribution in [1.29, 1.82) is 0 Å². The number of aryl methyl sites for hydroxylation is 2. The average molecular weight is 484 g/mol. The average Bonchev–Trinajstić information content (AvgIpc) is 2.79. The van der Waals surface area contributed by atoms with Gasteiger partial charge in [0, 0.05) is 28.2 Å². The first-order valence-corrected chi connectivity index (χ1v) is 13.2. The van der Waals surface area contributed by atoms with Crippen LogP contribution in [0.25, 0.3) is 0 Å². The van der Waals surface area contributed by atoms with Gasteiger partial charge in [0.15, 0.2) is 0 Å². The standard InChI is InChI=1S/C26H33N3O4S/c1-19-11-13-22(14-12-19)28-25(31)17-34(33)18-26(32)29(23-10-6-7-20(2)15-23)16-24(30)27-21-8-4-3-5-9-21/h6-7,10-15,21H,3-5,8-9,16-18H2,1-2H3,(H,27,30)(H,28,31)/t34-/m0/s1. The van der Waals surface area contributed by atoms with Crippen LogP contribution in [0, 0.1) is 13.8 Å². The molecule has 1 fully saturated rings. The number of benzene rings is 2. The third-order valence-corrected chi connectivity index (χ3v) is 6.95. The molecule has 8 heteroatoms. The van der Waals surface area contributed by atoms with Gasteiger partial charge in [-0.2, -0.15) is 0 Å². The van der Waals surface area contributed by atoms with Crippen molar-refractivity contribution in [1.82, 2.24) is 5.32 Å². The topological polar surface area (TPSA) is 95.6 Å². The highest BCUT2D eigenvalue weighted by atomic mass is 32.2. The fourth-order valence-corrected chi connectivity index (χ4v) is 4.93. The Morgan fingerprint density at radius 2 is 1.62 bits per heavy atom. The molecule has 3 rings (SSSR count). The summed E-state index contributed by atoms with van der Waals surface area (Å²) in [5.41, 5.74) is 3.20. The van der Waals surface area contributed by atoms with E-state index in [-0.39, 0.29) is 30.0 Å². The van der Waals surface area contributed by atoms with Crippen molar-refractivity contribution in [2.24, 2.45) is 0 Å². The van der Waals surface area contributed by atoms with Gasteiger partial charge in [-0.05, 0) is 56.5 Å². The van der Waals surface area contributed by atoms with Crippen LogP contribution in [0.2, 0.25) is 0 Å². The first-order chi connectivity index (χ1) is 16.3. The summed E-state index contributed by atoms with van der Waals surface area (Å²) in [7, 11) is -1.71. The fourth-order valence-electron chi connectivity index (χ4n) is 4.03. The van der Waals surface area contributed by atoms with E-state index in [0.29, 0.717) is 11.4 Å². The molecule has 2 aromatic carbocycles.